The topological polar surface area (TPSA) is 81.4 Å². The summed E-state index contributed by atoms with van der Waals surface area (Å²) in [6.07, 6.45) is 0. The molecular formula is C10H16N2O3S. The van der Waals surface area contributed by atoms with Crippen molar-refractivity contribution in [1.29, 1.82) is 0 Å². The van der Waals surface area contributed by atoms with Crippen molar-refractivity contribution in [1.82, 2.24) is 4.72 Å². The number of nitrogens with one attached hydrogen (secondary N) is 1. The summed E-state index contributed by atoms with van der Waals surface area (Å²) in [6, 6.07) is 2.93. The molecular weight excluding hydrogens is 228 g/mol. The van der Waals surface area contributed by atoms with Gasteiger partial charge in [-0.15, -0.1) is 0 Å². The van der Waals surface area contributed by atoms with E-state index < -0.39 is 10.0 Å². The summed E-state index contributed by atoms with van der Waals surface area (Å²) in [5, 5.41) is 0. The molecule has 0 atom stereocenters. The molecule has 0 aliphatic rings. The highest BCUT2D eigenvalue weighted by molar-refractivity contribution is 7.89. The van der Waals surface area contributed by atoms with Crippen LogP contribution < -0.4 is 15.2 Å². The van der Waals surface area contributed by atoms with Crippen LogP contribution in [0.4, 0.5) is 5.69 Å². The summed E-state index contributed by atoms with van der Waals surface area (Å²) in [6.45, 7) is 3.81. The smallest absolute Gasteiger partial charge is 0.240 e. The Labute approximate surface area is 95.7 Å². The third-order valence-corrected chi connectivity index (χ3v) is 3.65. The van der Waals surface area contributed by atoms with Gasteiger partial charge < -0.3 is 10.5 Å². The molecule has 0 bridgehead atoms. The van der Waals surface area contributed by atoms with Gasteiger partial charge in [-0.05, 0) is 24.6 Å². The fourth-order valence-electron chi connectivity index (χ4n) is 1.47. The van der Waals surface area contributed by atoms with Gasteiger partial charge in [0.2, 0.25) is 10.0 Å². The molecule has 0 heterocycles. The minimum Gasteiger partial charge on any atom is -0.494 e. The van der Waals surface area contributed by atoms with Crippen LogP contribution in [0.1, 0.15) is 12.5 Å². The highest BCUT2D eigenvalue weighted by atomic mass is 32.2. The Kier molecular flexibility index (Phi) is 3.77. The van der Waals surface area contributed by atoms with E-state index in [0.717, 1.165) is 0 Å². The van der Waals surface area contributed by atoms with Gasteiger partial charge in [-0.1, -0.05) is 6.92 Å². The molecule has 0 unspecified atom stereocenters. The van der Waals surface area contributed by atoms with Crippen molar-refractivity contribution in [3.05, 3.63) is 17.7 Å². The maximum atomic E-state index is 11.7. The van der Waals surface area contributed by atoms with Gasteiger partial charge in [-0.2, -0.15) is 0 Å². The molecule has 3 N–H and O–H groups in total. The quantitative estimate of drug-likeness (QED) is 0.770. The van der Waals surface area contributed by atoms with Gasteiger partial charge in [0.05, 0.1) is 17.7 Å². The third-order valence-electron chi connectivity index (χ3n) is 2.13. The lowest BCUT2D eigenvalue weighted by Gasteiger charge is -2.11. The van der Waals surface area contributed by atoms with E-state index in [4.69, 9.17) is 10.5 Å². The van der Waals surface area contributed by atoms with Crippen LogP contribution in [-0.4, -0.2) is 22.1 Å². The highest BCUT2D eigenvalue weighted by Gasteiger charge is 2.16. The zero-order valence-electron chi connectivity index (χ0n) is 9.57. The molecule has 0 aliphatic carbocycles. The number of sulfonamides is 1. The molecule has 0 amide bonds. The summed E-state index contributed by atoms with van der Waals surface area (Å²) in [7, 11) is -1.97. The summed E-state index contributed by atoms with van der Waals surface area (Å²) in [4.78, 5) is 0.158. The molecule has 0 fully saturated rings. The monoisotopic (exact) mass is 244 g/mol. The van der Waals surface area contributed by atoms with E-state index in [-0.39, 0.29) is 4.90 Å². The maximum Gasteiger partial charge on any atom is 0.240 e. The molecule has 16 heavy (non-hydrogen) atoms. The van der Waals surface area contributed by atoms with E-state index in [1.807, 2.05) is 0 Å². The number of rotatable bonds is 4. The van der Waals surface area contributed by atoms with E-state index in [1.54, 1.807) is 13.8 Å². The van der Waals surface area contributed by atoms with Gasteiger partial charge >= 0.3 is 0 Å². The normalized spacial score (nSPS) is 11.4. The predicted molar refractivity (Wildman–Crippen MR) is 63.0 cm³/mol. The second-order valence-electron chi connectivity index (χ2n) is 3.36. The number of ether oxygens (including phenoxy) is 1. The Bertz CT molecular complexity index is 460. The SMILES string of the molecule is CCNS(=O)(=O)c1cc(C)c(OC)c(N)c1. The Morgan fingerprint density at radius 1 is 1.44 bits per heavy atom. The molecule has 0 aromatic heterocycles. The standard InChI is InChI=1S/C10H16N2O3S/c1-4-12-16(13,14)8-5-7(2)10(15-3)9(11)6-8/h5-6,12H,4,11H2,1-3H3. The van der Waals surface area contributed by atoms with Crippen LogP contribution >= 0.6 is 0 Å². The molecule has 1 aromatic carbocycles. The molecule has 6 heteroatoms. The van der Waals surface area contributed by atoms with Crippen molar-refractivity contribution in [2.75, 3.05) is 19.4 Å². The average Bonchev–Trinajstić information content (AvgIpc) is 2.17. The number of aryl methyl sites for hydroxylation is 1. The van der Waals surface area contributed by atoms with E-state index in [1.165, 1.54) is 19.2 Å². The molecule has 0 radical (unpaired) electrons. The lowest BCUT2D eigenvalue weighted by molar-refractivity contribution is 0.413. The molecule has 0 saturated carbocycles. The predicted octanol–water partition coefficient (Wildman–Crippen LogP) is 0.884. The number of nitrogen functional groups attached to an aromatic ring is 1. The average molecular weight is 244 g/mol. The first kappa shape index (κ1) is 12.8. The van der Waals surface area contributed by atoms with Crippen LogP contribution in [0.25, 0.3) is 0 Å². The zero-order chi connectivity index (χ0) is 12.3. The van der Waals surface area contributed by atoms with Crippen molar-refractivity contribution >= 4 is 15.7 Å². The van der Waals surface area contributed by atoms with Crippen LogP contribution in [0.3, 0.4) is 0 Å². The van der Waals surface area contributed by atoms with Gasteiger partial charge in [0.1, 0.15) is 5.75 Å². The van der Waals surface area contributed by atoms with Gasteiger partial charge in [-0.3, -0.25) is 0 Å². The summed E-state index contributed by atoms with van der Waals surface area (Å²) >= 11 is 0. The molecule has 0 saturated heterocycles. The van der Waals surface area contributed by atoms with E-state index in [0.29, 0.717) is 23.5 Å². The molecule has 0 aliphatic heterocycles. The minimum atomic E-state index is -3.47. The number of hydrogen-bond acceptors (Lipinski definition) is 4. The number of benzene rings is 1. The first-order chi connectivity index (χ1) is 7.42. The number of nitrogens with two attached hydrogens (primary N) is 1. The maximum absolute atomic E-state index is 11.7. The van der Waals surface area contributed by atoms with Crippen LogP contribution in [0.15, 0.2) is 17.0 Å². The number of hydrogen-bond donors (Lipinski definition) is 2. The largest absolute Gasteiger partial charge is 0.494 e. The Balaban J connectivity index is 3.29. The second-order valence-corrected chi connectivity index (χ2v) is 5.13. The van der Waals surface area contributed by atoms with Crippen molar-refractivity contribution in [3.8, 4) is 5.75 Å². The van der Waals surface area contributed by atoms with Crippen LogP contribution in [-0.2, 0) is 10.0 Å². The lowest BCUT2D eigenvalue weighted by atomic mass is 10.2. The zero-order valence-corrected chi connectivity index (χ0v) is 10.4. The van der Waals surface area contributed by atoms with E-state index >= 15 is 0 Å². The molecule has 1 rings (SSSR count). The second kappa shape index (κ2) is 4.71. The molecule has 1 aromatic rings. The molecule has 0 spiro atoms. The Morgan fingerprint density at radius 2 is 2.06 bits per heavy atom. The van der Waals surface area contributed by atoms with E-state index in [2.05, 4.69) is 4.72 Å². The van der Waals surface area contributed by atoms with Gasteiger partial charge in [0.25, 0.3) is 0 Å². The van der Waals surface area contributed by atoms with Gasteiger partial charge in [0.15, 0.2) is 0 Å². The third kappa shape index (κ3) is 2.45. The van der Waals surface area contributed by atoms with Crippen LogP contribution in [0, 0.1) is 6.92 Å². The number of anilines is 1. The summed E-state index contributed by atoms with van der Waals surface area (Å²) in [5.74, 6) is 0.510. The summed E-state index contributed by atoms with van der Waals surface area (Å²) in [5.41, 5.74) is 6.72. The Hall–Kier alpha value is -1.27. The highest BCUT2D eigenvalue weighted by Crippen LogP contribution is 2.28. The van der Waals surface area contributed by atoms with Crippen molar-refractivity contribution in [2.45, 2.75) is 18.7 Å². The van der Waals surface area contributed by atoms with E-state index in [9.17, 15) is 8.42 Å². The first-order valence-corrected chi connectivity index (χ1v) is 6.34. The fourth-order valence-corrected chi connectivity index (χ4v) is 2.64. The van der Waals surface area contributed by atoms with Crippen LogP contribution in [0.2, 0.25) is 0 Å². The van der Waals surface area contributed by atoms with Crippen molar-refractivity contribution < 1.29 is 13.2 Å². The molecule has 5 nitrogen and oxygen atoms in total. The number of methoxy groups -OCH3 is 1. The first-order valence-electron chi connectivity index (χ1n) is 4.86. The summed E-state index contributed by atoms with van der Waals surface area (Å²) < 4.78 is 30.9. The van der Waals surface area contributed by atoms with Crippen molar-refractivity contribution in [2.24, 2.45) is 0 Å². The minimum absolute atomic E-state index is 0.158. The van der Waals surface area contributed by atoms with Crippen molar-refractivity contribution in [3.63, 3.8) is 0 Å². The lowest BCUT2D eigenvalue weighted by Crippen LogP contribution is -2.23. The Morgan fingerprint density at radius 3 is 2.50 bits per heavy atom. The molecule has 90 valence electrons. The fraction of sp³-hybridized carbons (Fsp3) is 0.400. The van der Waals surface area contributed by atoms with Gasteiger partial charge in [0, 0.05) is 6.54 Å². The van der Waals surface area contributed by atoms with Crippen LogP contribution in [0.5, 0.6) is 5.75 Å². The van der Waals surface area contributed by atoms with Gasteiger partial charge in [-0.25, -0.2) is 13.1 Å².